The van der Waals surface area contributed by atoms with Gasteiger partial charge in [-0.2, -0.15) is 0 Å². The van der Waals surface area contributed by atoms with E-state index in [9.17, 15) is 19.8 Å². The average Bonchev–Trinajstić information content (AvgIpc) is 3.31. The first-order valence-electron chi connectivity index (χ1n) is 28.8. The van der Waals surface area contributed by atoms with Crippen molar-refractivity contribution in [1.29, 1.82) is 0 Å². The molecule has 65 heavy (non-hydrogen) atoms. The van der Waals surface area contributed by atoms with E-state index in [4.69, 9.17) is 4.74 Å². The third-order valence-corrected chi connectivity index (χ3v) is 13.2. The Labute approximate surface area is 404 Å². The van der Waals surface area contributed by atoms with Crippen molar-refractivity contribution in [2.45, 2.75) is 315 Å². The molecule has 0 rings (SSSR count). The van der Waals surface area contributed by atoms with Crippen LogP contribution >= 0.6 is 0 Å². The van der Waals surface area contributed by atoms with Crippen LogP contribution in [0.5, 0.6) is 0 Å². The lowest BCUT2D eigenvalue weighted by molar-refractivity contribution is -0.143. The fourth-order valence-electron chi connectivity index (χ4n) is 8.71. The number of aliphatic hydroxyl groups is 2. The number of unbranched alkanes of at least 4 members (excludes halogenated alkanes) is 38. The van der Waals surface area contributed by atoms with Gasteiger partial charge in [-0.3, -0.25) is 9.59 Å². The van der Waals surface area contributed by atoms with Gasteiger partial charge in [-0.15, -0.1) is 0 Å². The van der Waals surface area contributed by atoms with E-state index < -0.39 is 12.1 Å². The molecular weight excluding hydrogens is 803 g/mol. The Morgan fingerprint density at radius 1 is 0.431 bits per heavy atom. The molecule has 0 fully saturated rings. The van der Waals surface area contributed by atoms with Gasteiger partial charge in [0.05, 0.1) is 25.4 Å². The molecule has 1 amide bonds. The number of allylic oxidation sites excluding steroid dienone is 5. The van der Waals surface area contributed by atoms with E-state index >= 15 is 0 Å². The lowest BCUT2D eigenvalue weighted by atomic mass is 10.0. The second kappa shape index (κ2) is 54.7. The summed E-state index contributed by atoms with van der Waals surface area (Å²) in [5.41, 5.74) is 0. The van der Waals surface area contributed by atoms with Crippen LogP contribution in [-0.2, 0) is 14.3 Å². The Hall–Kier alpha value is -1.92. The van der Waals surface area contributed by atoms with E-state index in [1.807, 2.05) is 6.08 Å². The highest BCUT2D eigenvalue weighted by atomic mass is 16.5. The van der Waals surface area contributed by atoms with Crippen molar-refractivity contribution in [2.24, 2.45) is 0 Å². The molecule has 382 valence electrons. The van der Waals surface area contributed by atoms with E-state index in [-0.39, 0.29) is 18.5 Å². The van der Waals surface area contributed by atoms with E-state index in [0.717, 1.165) is 51.4 Å². The maximum absolute atomic E-state index is 12.4. The number of esters is 1. The first-order chi connectivity index (χ1) is 32.0. The van der Waals surface area contributed by atoms with Crippen molar-refractivity contribution in [2.75, 3.05) is 13.2 Å². The zero-order valence-corrected chi connectivity index (χ0v) is 43.5. The molecule has 0 spiro atoms. The zero-order chi connectivity index (χ0) is 47.2. The molecule has 0 bridgehead atoms. The van der Waals surface area contributed by atoms with Gasteiger partial charge in [0.25, 0.3) is 0 Å². The molecule has 0 aromatic rings. The summed E-state index contributed by atoms with van der Waals surface area (Å²) in [5.74, 6) is -0.0748. The molecule has 0 saturated carbocycles. The van der Waals surface area contributed by atoms with Gasteiger partial charge in [0.1, 0.15) is 0 Å². The van der Waals surface area contributed by atoms with Crippen LogP contribution in [0.3, 0.4) is 0 Å². The maximum Gasteiger partial charge on any atom is 0.305 e. The first kappa shape index (κ1) is 63.1. The molecule has 0 radical (unpaired) electrons. The molecule has 0 aromatic heterocycles. The maximum atomic E-state index is 12.4. The van der Waals surface area contributed by atoms with E-state index in [1.165, 1.54) is 225 Å². The van der Waals surface area contributed by atoms with Crippen molar-refractivity contribution in [3.8, 4) is 0 Å². The fourth-order valence-corrected chi connectivity index (χ4v) is 8.71. The second-order valence-corrected chi connectivity index (χ2v) is 19.6. The molecule has 0 aliphatic rings. The molecule has 0 saturated heterocycles. The highest BCUT2D eigenvalue weighted by molar-refractivity contribution is 5.76. The molecule has 0 aliphatic heterocycles. The minimum atomic E-state index is -0.845. The Morgan fingerprint density at radius 2 is 0.785 bits per heavy atom. The van der Waals surface area contributed by atoms with Crippen LogP contribution in [0.4, 0.5) is 0 Å². The summed E-state index contributed by atoms with van der Waals surface area (Å²) in [6.45, 7) is 4.86. The SMILES string of the molecule is CCCC/C=C\C/C=C\CCCCCCCC(=O)OCCCCCCCCCCCCCCCCCCCCCCC(=O)NC(CO)C(O)/C=C/CCCCCCCCCCCCCC. The number of carbonyl (C=O) groups is 2. The Balaban J connectivity index is 3.42. The number of aliphatic hydroxyl groups excluding tert-OH is 2. The standard InChI is InChI=1S/C59H111NO5/c1-3-5-7-9-11-13-15-17-27-31-35-39-43-47-51-57(62)56(55-61)60-58(63)52-48-44-40-36-32-28-25-23-21-19-20-22-24-26-30-34-38-42-46-50-54-65-59(64)53-49-45-41-37-33-29-18-16-14-12-10-8-6-4-2/h10,12,16,18,47,51,56-57,61-62H,3-9,11,13-15,17,19-46,48-50,52-55H2,1-2H3,(H,60,63)/b12-10-,18-16-,51-47+. The highest BCUT2D eigenvalue weighted by Gasteiger charge is 2.18. The topological polar surface area (TPSA) is 95.9 Å². The zero-order valence-electron chi connectivity index (χ0n) is 43.5. The highest BCUT2D eigenvalue weighted by Crippen LogP contribution is 2.17. The van der Waals surface area contributed by atoms with Crippen molar-refractivity contribution < 1.29 is 24.5 Å². The predicted molar refractivity (Wildman–Crippen MR) is 283 cm³/mol. The van der Waals surface area contributed by atoms with Gasteiger partial charge < -0.3 is 20.3 Å². The van der Waals surface area contributed by atoms with Gasteiger partial charge in [0, 0.05) is 12.8 Å². The Kier molecular flexibility index (Phi) is 53.1. The number of hydrogen-bond acceptors (Lipinski definition) is 5. The number of nitrogens with one attached hydrogen (secondary N) is 1. The van der Waals surface area contributed by atoms with Crippen LogP contribution in [0.25, 0.3) is 0 Å². The Bertz CT molecular complexity index is 1060. The average molecular weight is 915 g/mol. The van der Waals surface area contributed by atoms with Gasteiger partial charge in [0.15, 0.2) is 0 Å². The lowest BCUT2D eigenvalue weighted by Gasteiger charge is -2.20. The molecule has 6 heteroatoms. The van der Waals surface area contributed by atoms with Gasteiger partial charge in [-0.05, 0) is 57.8 Å². The van der Waals surface area contributed by atoms with Crippen LogP contribution in [0, 0.1) is 0 Å². The first-order valence-corrected chi connectivity index (χ1v) is 28.8. The number of carbonyl (C=O) groups excluding carboxylic acids is 2. The summed E-state index contributed by atoms with van der Waals surface area (Å²) in [6.07, 6.45) is 67.3. The van der Waals surface area contributed by atoms with Crippen molar-refractivity contribution in [3.05, 3.63) is 36.5 Å². The van der Waals surface area contributed by atoms with Crippen molar-refractivity contribution in [1.82, 2.24) is 5.32 Å². The summed E-state index contributed by atoms with van der Waals surface area (Å²) in [6, 6.07) is -0.629. The molecule has 2 atom stereocenters. The van der Waals surface area contributed by atoms with Crippen LogP contribution in [-0.4, -0.2) is 47.4 Å². The smallest absolute Gasteiger partial charge is 0.305 e. The van der Waals surface area contributed by atoms with Gasteiger partial charge in [0.2, 0.25) is 5.91 Å². The van der Waals surface area contributed by atoms with E-state index in [2.05, 4.69) is 43.5 Å². The van der Waals surface area contributed by atoms with E-state index in [1.54, 1.807) is 6.08 Å². The normalized spacial score (nSPS) is 12.9. The van der Waals surface area contributed by atoms with Crippen molar-refractivity contribution >= 4 is 11.9 Å². The summed E-state index contributed by atoms with van der Waals surface area (Å²) < 4.78 is 5.47. The summed E-state index contributed by atoms with van der Waals surface area (Å²) in [7, 11) is 0. The van der Waals surface area contributed by atoms with Crippen LogP contribution in [0.2, 0.25) is 0 Å². The molecule has 0 heterocycles. The molecule has 3 N–H and O–H groups in total. The summed E-state index contributed by atoms with van der Waals surface area (Å²) in [5, 5.41) is 23.1. The third kappa shape index (κ3) is 51.3. The fraction of sp³-hybridized carbons (Fsp3) is 0.864. The van der Waals surface area contributed by atoms with Crippen LogP contribution in [0.1, 0.15) is 303 Å². The molecule has 0 aliphatic carbocycles. The molecule has 6 nitrogen and oxygen atoms in total. The molecule has 0 aromatic carbocycles. The summed E-state index contributed by atoms with van der Waals surface area (Å²) in [4.78, 5) is 24.5. The largest absolute Gasteiger partial charge is 0.466 e. The summed E-state index contributed by atoms with van der Waals surface area (Å²) >= 11 is 0. The lowest BCUT2D eigenvalue weighted by Crippen LogP contribution is -2.45. The van der Waals surface area contributed by atoms with Crippen LogP contribution < -0.4 is 5.32 Å². The predicted octanol–water partition coefficient (Wildman–Crippen LogP) is 17.6. The molecule has 2 unspecified atom stereocenters. The number of ether oxygens (including phenoxy) is 1. The van der Waals surface area contributed by atoms with Gasteiger partial charge in [-0.25, -0.2) is 0 Å². The molecular formula is C59H111NO5. The third-order valence-electron chi connectivity index (χ3n) is 13.2. The van der Waals surface area contributed by atoms with Gasteiger partial charge in [-0.1, -0.05) is 269 Å². The van der Waals surface area contributed by atoms with E-state index in [0.29, 0.717) is 19.4 Å². The number of amides is 1. The number of rotatable bonds is 53. The number of hydrogen-bond donors (Lipinski definition) is 3. The minimum Gasteiger partial charge on any atom is -0.466 e. The van der Waals surface area contributed by atoms with Crippen molar-refractivity contribution in [3.63, 3.8) is 0 Å². The second-order valence-electron chi connectivity index (χ2n) is 19.6. The Morgan fingerprint density at radius 3 is 1.22 bits per heavy atom. The minimum absolute atomic E-state index is 0.00498. The quantitative estimate of drug-likeness (QED) is 0.0321. The van der Waals surface area contributed by atoms with Gasteiger partial charge >= 0.3 is 5.97 Å². The van der Waals surface area contributed by atoms with Crippen LogP contribution in [0.15, 0.2) is 36.5 Å². The monoisotopic (exact) mass is 914 g/mol.